The van der Waals surface area contributed by atoms with Gasteiger partial charge >= 0.3 is 0 Å². The molecule has 1 saturated heterocycles. The number of aliphatic imine (C=N–C) groups is 1. The van der Waals surface area contributed by atoms with Crippen LogP contribution in [0.3, 0.4) is 0 Å². The SMILES string of the molecule is O=S1(=O)NC(=NCc2ccccc2)C(Br)C1Br. The maximum Gasteiger partial charge on any atom is 0.248 e. The summed E-state index contributed by atoms with van der Waals surface area (Å²) < 4.78 is 24.8. The van der Waals surface area contributed by atoms with Gasteiger partial charge in [0.1, 0.15) is 10.7 Å². The second-order valence-electron chi connectivity index (χ2n) is 3.59. The first kappa shape index (κ1) is 13.0. The number of amidine groups is 1. The number of alkyl halides is 2. The van der Waals surface area contributed by atoms with E-state index in [1.807, 2.05) is 30.3 Å². The van der Waals surface area contributed by atoms with Crippen molar-refractivity contribution in [3.8, 4) is 0 Å². The third kappa shape index (κ3) is 2.89. The van der Waals surface area contributed by atoms with E-state index >= 15 is 0 Å². The van der Waals surface area contributed by atoms with Gasteiger partial charge in [-0.3, -0.25) is 9.71 Å². The molecule has 0 aliphatic carbocycles. The quantitative estimate of drug-likeness (QED) is 0.796. The van der Waals surface area contributed by atoms with Crippen molar-refractivity contribution in [3.63, 3.8) is 0 Å². The number of sulfonamides is 1. The Labute approximate surface area is 117 Å². The van der Waals surface area contributed by atoms with Crippen molar-refractivity contribution in [3.05, 3.63) is 35.9 Å². The Morgan fingerprint density at radius 2 is 1.88 bits per heavy atom. The fourth-order valence-corrected chi connectivity index (χ4v) is 4.25. The third-order valence-electron chi connectivity index (χ3n) is 2.31. The van der Waals surface area contributed by atoms with Gasteiger partial charge in [-0.2, -0.15) is 0 Å². The normalized spacial score (nSPS) is 29.2. The molecule has 1 aliphatic rings. The molecule has 0 spiro atoms. The van der Waals surface area contributed by atoms with Crippen LogP contribution in [-0.4, -0.2) is 23.2 Å². The maximum absolute atomic E-state index is 11.5. The number of rotatable bonds is 2. The van der Waals surface area contributed by atoms with Gasteiger partial charge in [-0.1, -0.05) is 62.2 Å². The Kier molecular flexibility index (Phi) is 3.89. The van der Waals surface area contributed by atoms with Crippen LogP contribution in [-0.2, 0) is 16.6 Å². The lowest BCUT2D eigenvalue weighted by Gasteiger charge is -2.02. The van der Waals surface area contributed by atoms with Gasteiger partial charge in [0, 0.05) is 0 Å². The summed E-state index contributed by atoms with van der Waals surface area (Å²) in [4.78, 5) is 3.93. The van der Waals surface area contributed by atoms with E-state index in [1.165, 1.54) is 0 Å². The lowest BCUT2D eigenvalue weighted by molar-refractivity contribution is 0.595. The van der Waals surface area contributed by atoms with Gasteiger partial charge in [-0.25, -0.2) is 8.42 Å². The first-order valence-corrected chi connectivity index (χ1v) is 8.26. The van der Waals surface area contributed by atoms with Crippen molar-refractivity contribution in [1.82, 2.24) is 4.72 Å². The average molecular weight is 382 g/mol. The minimum Gasteiger partial charge on any atom is -0.269 e. The van der Waals surface area contributed by atoms with Gasteiger partial charge < -0.3 is 0 Å². The van der Waals surface area contributed by atoms with Crippen molar-refractivity contribution in [1.29, 1.82) is 0 Å². The number of nitrogens with zero attached hydrogens (tertiary/aromatic N) is 1. The zero-order valence-electron chi connectivity index (χ0n) is 8.68. The Morgan fingerprint density at radius 3 is 2.41 bits per heavy atom. The molecule has 4 nitrogen and oxygen atoms in total. The molecule has 2 atom stereocenters. The summed E-state index contributed by atoms with van der Waals surface area (Å²) in [7, 11) is -3.34. The molecule has 17 heavy (non-hydrogen) atoms. The topological polar surface area (TPSA) is 58.5 Å². The lowest BCUT2D eigenvalue weighted by atomic mass is 10.2. The zero-order valence-corrected chi connectivity index (χ0v) is 12.7. The van der Waals surface area contributed by atoms with Crippen molar-refractivity contribution in [2.75, 3.05) is 0 Å². The van der Waals surface area contributed by atoms with E-state index in [1.54, 1.807) is 0 Å². The van der Waals surface area contributed by atoms with E-state index in [-0.39, 0.29) is 4.83 Å². The van der Waals surface area contributed by atoms with Gasteiger partial charge in [-0.15, -0.1) is 0 Å². The van der Waals surface area contributed by atoms with E-state index in [4.69, 9.17) is 0 Å². The first-order valence-electron chi connectivity index (χ1n) is 4.89. The minimum absolute atomic E-state index is 0.337. The van der Waals surface area contributed by atoms with Crippen LogP contribution in [0.5, 0.6) is 0 Å². The van der Waals surface area contributed by atoms with Crippen LogP contribution < -0.4 is 4.72 Å². The average Bonchev–Trinajstić information content (AvgIpc) is 2.52. The number of nitrogens with one attached hydrogen (secondary N) is 1. The smallest absolute Gasteiger partial charge is 0.248 e. The molecule has 1 fully saturated rings. The summed E-state index contributed by atoms with van der Waals surface area (Å²) in [6.07, 6.45) is 0. The summed E-state index contributed by atoms with van der Waals surface area (Å²) in [5.74, 6) is 0.440. The highest BCUT2D eigenvalue weighted by atomic mass is 79.9. The Bertz CT molecular complexity index is 530. The largest absolute Gasteiger partial charge is 0.269 e. The standard InChI is InChI=1S/C10H10Br2N2O2S/c11-8-9(12)17(15,16)14-10(8)13-6-7-4-2-1-3-5-7/h1-5,8-9H,6H2,(H,13,14). The summed E-state index contributed by atoms with van der Waals surface area (Å²) in [6, 6.07) is 9.67. The van der Waals surface area contributed by atoms with Gasteiger partial charge in [0.15, 0.2) is 4.16 Å². The van der Waals surface area contributed by atoms with Crippen molar-refractivity contribution < 1.29 is 8.42 Å². The fourth-order valence-electron chi connectivity index (χ4n) is 1.42. The molecule has 1 aromatic carbocycles. The molecule has 0 aromatic heterocycles. The van der Waals surface area contributed by atoms with Crippen LogP contribution in [0, 0.1) is 0 Å². The van der Waals surface area contributed by atoms with Gasteiger partial charge in [0.2, 0.25) is 10.0 Å². The van der Waals surface area contributed by atoms with Gasteiger partial charge in [-0.05, 0) is 5.56 Å². The fraction of sp³-hybridized carbons (Fsp3) is 0.300. The molecule has 1 heterocycles. The van der Waals surface area contributed by atoms with Gasteiger partial charge in [0.05, 0.1) is 6.54 Å². The van der Waals surface area contributed by atoms with E-state index in [0.29, 0.717) is 12.4 Å². The molecule has 2 unspecified atom stereocenters. The van der Waals surface area contributed by atoms with E-state index in [0.717, 1.165) is 5.56 Å². The van der Waals surface area contributed by atoms with Crippen molar-refractivity contribution in [2.45, 2.75) is 15.5 Å². The minimum atomic E-state index is -3.34. The molecule has 2 rings (SSSR count). The van der Waals surface area contributed by atoms with Crippen molar-refractivity contribution >= 4 is 47.7 Å². The Hall–Kier alpha value is -0.400. The number of halogens is 2. The van der Waals surface area contributed by atoms with Crippen LogP contribution in [0.2, 0.25) is 0 Å². The maximum atomic E-state index is 11.5. The molecule has 7 heteroatoms. The number of benzene rings is 1. The highest BCUT2D eigenvalue weighted by molar-refractivity contribution is 9.13. The summed E-state index contributed by atoms with van der Waals surface area (Å²) in [5.41, 5.74) is 1.04. The molecule has 0 saturated carbocycles. The van der Waals surface area contributed by atoms with Crippen LogP contribution >= 0.6 is 31.9 Å². The molecule has 0 bridgehead atoms. The first-order chi connectivity index (χ1) is 8.00. The summed E-state index contributed by atoms with van der Waals surface area (Å²) in [5, 5.41) is 0. The monoisotopic (exact) mass is 380 g/mol. The van der Waals surface area contributed by atoms with Crippen LogP contribution in [0.15, 0.2) is 35.3 Å². The highest BCUT2D eigenvalue weighted by Crippen LogP contribution is 2.26. The van der Waals surface area contributed by atoms with E-state index in [2.05, 4.69) is 41.6 Å². The van der Waals surface area contributed by atoms with Crippen LogP contribution in [0.25, 0.3) is 0 Å². The molecule has 1 aromatic rings. The van der Waals surface area contributed by atoms with E-state index < -0.39 is 14.2 Å². The molecule has 1 N–H and O–H groups in total. The second-order valence-corrected chi connectivity index (χ2v) is 7.97. The second kappa shape index (κ2) is 5.07. The highest BCUT2D eigenvalue weighted by Gasteiger charge is 2.41. The molecule has 0 amide bonds. The van der Waals surface area contributed by atoms with Crippen LogP contribution in [0.4, 0.5) is 0 Å². The molecular formula is C10H10Br2N2O2S. The number of hydrogen-bond acceptors (Lipinski definition) is 3. The predicted octanol–water partition coefficient (Wildman–Crippen LogP) is 2.00. The number of hydrogen-bond donors (Lipinski definition) is 1. The summed E-state index contributed by atoms with van der Waals surface area (Å²) in [6.45, 7) is 0.459. The molecule has 92 valence electrons. The Morgan fingerprint density at radius 1 is 1.24 bits per heavy atom. The van der Waals surface area contributed by atoms with E-state index in [9.17, 15) is 8.42 Å². The Balaban J connectivity index is 2.15. The molecule has 1 aliphatic heterocycles. The molecular weight excluding hydrogens is 372 g/mol. The zero-order chi connectivity index (χ0) is 12.5. The molecule has 0 radical (unpaired) electrons. The predicted molar refractivity (Wildman–Crippen MR) is 75.1 cm³/mol. The summed E-state index contributed by atoms with van der Waals surface area (Å²) >= 11 is 6.41. The van der Waals surface area contributed by atoms with Gasteiger partial charge in [0.25, 0.3) is 0 Å². The third-order valence-corrected chi connectivity index (χ3v) is 7.69. The van der Waals surface area contributed by atoms with Crippen LogP contribution in [0.1, 0.15) is 5.56 Å². The lowest BCUT2D eigenvalue weighted by Crippen LogP contribution is -2.23. The van der Waals surface area contributed by atoms with Crippen molar-refractivity contribution in [2.24, 2.45) is 4.99 Å².